The van der Waals surface area contributed by atoms with Crippen molar-refractivity contribution in [1.29, 1.82) is 0 Å². The smallest absolute Gasteiger partial charge is 0.237 e. The topological polar surface area (TPSA) is 98.0 Å². The molecule has 1 aliphatic rings. The monoisotopic (exact) mass is 234 g/mol. The third kappa shape index (κ3) is 2.02. The average Bonchev–Trinajstić information content (AvgIpc) is 2.89. The molecule has 0 atom stereocenters. The summed E-state index contributed by atoms with van der Waals surface area (Å²) in [4.78, 5) is 3.92. The molecular formula is C6H10N4O2S2. The van der Waals surface area contributed by atoms with E-state index in [2.05, 4.69) is 14.1 Å². The Morgan fingerprint density at radius 1 is 1.57 bits per heavy atom. The van der Waals surface area contributed by atoms with E-state index in [1.165, 1.54) is 0 Å². The number of hydrogen-bond donors (Lipinski definition) is 2. The van der Waals surface area contributed by atoms with Crippen LogP contribution in [0.1, 0.15) is 18.7 Å². The zero-order chi connectivity index (χ0) is 10.2. The van der Waals surface area contributed by atoms with Crippen molar-refractivity contribution in [2.24, 2.45) is 5.73 Å². The van der Waals surface area contributed by atoms with Crippen molar-refractivity contribution < 1.29 is 8.42 Å². The second-order valence-electron chi connectivity index (χ2n) is 3.07. The fraction of sp³-hybridized carbons (Fsp3) is 0.667. The Morgan fingerprint density at radius 3 is 2.79 bits per heavy atom. The summed E-state index contributed by atoms with van der Waals surface area (Å²) in [6, 6.07) is 0. The van der Waals surface area contributed by atoms with Crippen LogP contribution >= 0.6 is 11.5 Å². The van der Waals surface area contributed by atoms with Crippen LogP contribution in [-0.4, -0.2) is 23.0 Å². The molecule has 1 aromatic rings. The predicted molar refractivity (Wildman–Crippen MR) is 53.4 cm³/mol. The van der Waals surface area contributed by atoms with Gasteiger partial charge in [-0.15, -0.1) is 0 Å². The Kier molecular flexibility index (Phi) is 2.41. The molecule has 0 radical (unpaired) electrons. The summed E-state index contributed by atoms with van der Waals surface area (Å²) in [7, 11) is -3.22. The van der Waals surface area contributed by atoms with Crippen LogP contribution < -0.4 is 10.5 Å². The number of aromatic nitrogens is 2. The molecule has 14 heavy (non-hydrogen) atoms. The van der Waals surface area contributed by atoms with Gasteiger partial charge >= 0.3 is 0 Å². The van der Waals surface area contributed by atoms with Gasteiger partial charge in [-0.1, -0.05) is 0 Å². The van der Waals surface area contributed by atoms with Crippen molar-refractivity contribution in [3.8, 4) is 0 Å². The molecule has 2 rings (SSSR count). The van der Waals surface area contributed by atoms with Gasteiger partial charge in [-0.25, -0.2) is 13.4 Å². The van der Waals surface area contributed by atoms with Crippen molar-refractivity contribution in [2.45, 2.75) is 24.6 Å². The SMILES string of the molecule is NCc1nsc(NS(=O)(=O)C2CC2)n1. The van der Waals surface area contributed by atoms with E-state index >= 15 is 0 Å². The molecule has 3 N–H and O–H groups in total. The summed E-state index contributed by atoms with van der Waals surface area (Å²) >= 11 is 1.01. The van der Waals surface area contributed by atoms with Crippen LogP contribution in [-0.2, 0) is 16.6 Å². The Hall–Kier alpha value is -0.730. The Morgan fingerprint density at radius 2 is 2.29 bits per heavy atom. The van der Waals surface area contributed by atoms with Gasteiger partial charge in [0.1, 0.15) is 0 Å². The van der Waals surface area contributed by atoms with Gasteiger partial charge in [-0.2, -0.15) is 4.37 Å². The minimum Gasteiger partial charge on any atom is -0.324 e. The quantitative estimate of drug-likeness (QED) is 0.758. The molecular weight excluding hydrogens is 224 g/mol. The van der Waals surface area contributed by atoms with Crippen LogP contribution in [0.25, 0.3) is 0 Å². The zero-order valence-corrected chi connectivity index (χ0v) is 8.94. The molecule has 1 saturated carbocycles. The first-order valence-electron chi connectivity index (χ1n) is 4.16. The van der Waals surface area contributed by atoms with Gasteiger partial charge < -0.3 is 5.73 Å². The minimum atomic E-state index is -3.22. The first kappa shape index (κ1) is 9.81. The van der Waals surface area contributed by atoms with Gasteiger partial charge in [-0.3, -0.25) is 4.72 Å². The lowest BCUT2D eigenvalue weighted by Gasteiger charge is -2.00. The van der Waals surface area contributed by atoms with E-state index in [0.29, 0.717) is 11.0 Å². The number of nitrogens with zero attached hydrogens (tertiary/aromatic N) is 2. The lowest BCUT2D eigenvalue weighted by Crippen LogP contribution is -2.17. The Balaban J connectivity index is 2.10. The van der Waals surface area contributed by atoms with Gasteiger partial charge in [0.15, 0.2) is 5.82 Å². The molecule has 0 spiro atoms. The van der Waals surface area contributed by atoms with E-state index < -0.39 is 10.0 Å². The van der Waals surface area contributed by atoms with Gasteiger partial charge in [0.2, 0.25) is 15.2 Å². The summed E-state index contributed by atoms with van der Waals surface area (Å²) in [5, 5.41) is 0.0603. The fourth-order valence-electron chi connectivity index (χ4n) is 0.962. The maximum atomic E-state index is 11.5. The molecule has 1 aliphatic carbocycles. The third-order valence-corrected chi connectivity index (χ3v) is 4.47. The van der Waals surface area contributed by atoms with Crippen LogP contribution in [0.5, 0.6) is 0 Å². The summed E-state index contributed by atoms with van der Waals surface area (Å²) in [5.74, 6) is 0.462. The van der Waals surface area contributed by atoms with Crippen molar-refractivity contribution in [1.82, 2.24) is 9.36 Å². The first-order chi connectivity index (χ1) is 6.62. The Labute approximate surface area is 85.8 Å². The molecule has 0 aliphatic heterocycles. The molecule has 0 saturated heterocycles. The molecule has 0 amide bonds. The van der Waals surface area contributed by atoms with Gasteiger partial charge in [0.25, 0.3) is 0 Å². The van der Waals surface area contributed by atoms with E-state index in [1.807, 2.05) is 0 Å². The third-order valence-electron chi connectivity index (χ3n) is 1.84. The number of sulfonamides is 1. The van der Waals surface area contributed by atoms with Crippen LogP contribution in [0.4, 0.5) is 5.13 Å². The maximum Gasteiger partial charge on any atom is 0.237 e. The van der Waals surface area contributed by atoms with Crippen LogP contribution in [0, 0.1) is 0 Å². The highest BCUT2D eigenvalue weighted by Crippen LogP contribution is 2.29. The molecule has 1 fully saturated rings. The van der Waals surface area contributed by atoms with Gasteiger partial charge in [-0.05, 0) is 12.8 Å². The molecule has 8 heteroatoms. The fourth-order valence-corrected chi connectivity index (χ4v) is 3.13. The van der Waals surface area contributed by atoms with Crippen molar-refractivity contribution in [3.05, 3.63) is 5.82 Å². The van der Waals surface area contributed by atoms with E-state index in [-0.39, 0.29) is 11.8 Å². The molecule has 6 nitrogen and oxygen atoms in total. The number of anilines is 1. The van der Waals surface area contributed by atoms with E-state index in [4.69, 9.17) is 5.73 Å². The largest absolute Gasteiger partial charge is 0.324 e. The number of rotatable bonds is 4. The molecule has 0 aromatic carbocycles. The Bertz CT molecular complexity index is 423. The standard InChI is InChI=1S/C6H10N4O2S2/c7-3-5-8-6(13-9-5)10-14(11,12)4-1-2-4/h4H,1-3,7H2,(H,8,9,10). The second kappa shape index (κ2) is 3.44. The molecule has 1 aromatic heterocycles. The van der Waals surface area contributed by atoms with Crippen molar-refractivity contribution in [3.63, 3.8) is 0 Å². The lowest BCUT2D eigenvalue weighted by molar-refractivity contribution is 0.600. The highest BCUT2D eigenvalue weighted by Gasteiger charge is 2.36. The van der Waals surface area contributed by atoms with Crippen molar-refractivity contribution in [2.75, 3.05) is 4.72 Å². The van der Waals surface area contributed by atoms with Crippen LogP contribution in [0.2, 0.25) is 0 Å². The summed E-state index contributed by atoms with van der Waals surface area (Å²) in [6.07, 6.45) is 1.47. The number of nitrogens with one attached hydrogen (secondary N) is 1. The number of hydrogen-bond acceptors (Lipinski definition) is 6. The average molecular weight is 234 g/mol. The first-order valence-corrected chi connectivity index (χ1v) is 6.48. The van der Waals surface area contributed by atoms with Gasteiger partial charge in [0.05, 0.1) is 11.8 Å². The summed E-state index contributed by atoms with van der Waals surface area (Å²) in [5.41, 5.74) is 5.30. The van der Waals surface area contributed by atoms with E-state index in [0.717, 1.165) is 24.4 Å². The summed E-state index contributed by atoms with van der Waals surface area (Å²) in [6.45, 7) is 0.224. The highest BCUT2D eigenvalue weighted by molar-refractivity contribution is 7.93. The molecule has 1 heterocycles. The second-order valence-corrected chi connectivity index (χ2v) is 5.78. The molecule has 78 valence electrons. The van der Waals surface area contributed by atoms with Crippen LogP contribution in [0.3, 0.4) is 0 Å². The summed E-state index contributed by atoms with van der Waals surface area (Å²) < 4.78 is 29.2. The normalized spacial score (nSPS) is 16.9. The highest BCUT2D eigenvalue weighted by atomic mass is 32.2. The van der Waals surface area contributed by atoms with Gasteiger partial charge in [0, 0.05) is 11.5 Å². The molecule has 0 unspecified atom stereocenters. The maximum absolute atomic E-state index is 11.5. The number of nitrogens with two attached hydrogens (primary N) is 1. The predicted octanol–water partition coefficient (Wildman–Crippen LogP) is -0.0991. The lowest BCUT2D eigenvalue weighted by atomic mass is 10.6. The van der Waals surface area contributed by atoms with E-state index in [1.54, 1.807) is 0 Å². The van der Waals surface area contributed by atoms with Crippen molar-refractivity contribution >= 4 is 26.7 Å². The van der Waals surface area contributed by atoms with Crippen LogP contribution in [0.15, 0.2) is 0 Å². The van der Waals surface area contributed by atoms with E-state index in [9.17, 15) is 8.42 Å². The minimum absolute atomic E-state index is 0.224. The zero-order valence-electron chi connectivity index (χ0n) is 7.30. The molecule has 0 bridgehead atoms.